The highest BCUT2D eigenvalue weighted by atomic mass is 32.2. The Bertz CT molecular complexity index is 537. The van der Waals surface area contributed by atoms with Gasteiger partial charge in [0.25, 0.3) is 6.01 Å². The highest BCUT2D eigenvalue weighted by Gasteiger charge is 2.69. The van der Waals surface area contributed by atoms with Crippen molar-refractivity contribution in [3.05, 3.63) is 37.1 Å². The third kappa shape index (κ3) is 2.19. The molecule has 0 atom stereocenters. The largest absolute Gasteiger partial charge is 0.484 e. The molecule has 1 aromatic heterocycles. The molecule has 0 aliphatic carbocycles. The smallest absolute Gasteiger partial charge is 0.401 e. The lowest BCUT2D eigenvalue weighted by atomic mass is 10.6. The first-order valence-corrected chi connectivity index (χ1v) is 5.63. The monoisotopic (exact) mass is 291 g/mol. The van der Waals surface area contributed by atoms with E-state index in [9.17, 15) is 30.4 Å². The number of rotatable bonds is 5. The maximum atomic E-state index is 13.2. The minimum absolute atomic E-state index is 0.134. The molecule has 0 spiro atoms. The first kappa shape index (κ1) is 14.5. The Labute approximate surface area is 98.3 Å². The lowest BCUT2D eigenvalue weighted by Gasteiger charge is -2.25. The Morgan fingerprint density at radius 3 is 2.00 bits per heavy atom. The van der Waals surface area contributed by atoms with Crippen LogP contribution in [0.2, 0.25) is 0 Å². The Hall–Kier alpha value is -1.58. The van der Waals surface area contributed by atoms with Crippen molar-refractivity contribution in [3.63, 3.8) is 0 Å². The van der Waals surface area contributed by atoms with Gasteiger partial charge in [-0.25, -0.2) is 3.97 Å². The van der Waals surface area contributed by atoms with E-state index in [0.29, 0.717) is 12.4 Å². The van der Waals surface area contributed by atoms with E-state index >= 15 is 0 Å². The van der Waals surface area contributed by atoms with Gasteiger partial charge >= 0.3 is 21.4 Å². The summed E-state index contributed by atoms with van der Waals surface area (Å²) in [7, 11) is -5.80. The fraction of sp³-hybridized carbons (Fsp3) is 0.250. The fourth-order valence-electron chi connectivity index (χ4n) is 0.960. The number of nitrogens with zero attached hydrogens (tertiary/aromatic N) is 1. The van der Waals surface area contributed by atoms with Crippen LogP contribution in [0.5, 0.6) is 0 Å². The lowest BCUT2D eigenvalue weighted by molar-refractivity contribution is -0.307. The fourth-order valence-corrected chi connectivity index (χ4v) is 2.03. The summed E-state index contributed by atoms with van der Waals surface area (Å²) in [6.07, 6.45) is -4.37. The molecule has 1 aromatic rings. The van der Waals surface area contributed by atoms with Crippen LogP contribution in [0.25, 0.3) is 0 Å². The van der Waals surface area contributed by atoms with E-state index in [0.717, 1.165) is 12.1 Å². The topological polar surface area (TPSA) is 48.3 Å². The van der Waals surface area contributed by atoms with Crippen molar-refractivity contribution in [1.29, 1.82) is 0 Å². The summed E-state index contributed by atoms with van der Waals surface area (Å²) in [6.45, 7) is 2.19. The van der Waals surface area contributed by atoms with Crippen LogP contribution >= 0.6 is 0 Å². The van der Waals surface area contributed by atoms with Crippen molar-refractivity contribution < 1.29 is 35.1 Å². The van der Waals surface area contributed by atoms with Crippen LogP contribution in [0.3, 0.4) is 0 Å². The van der Waals surface area contributed by atoms with Crippen LogP contribution in [-0.4, -0.2) is 23.8 Å². The van der Waals surface area contributed by atoms with Gasteiger partial charge < -0.3 is 4.74 Å². The Kier molecular flexibility index (Phi) is 3.43. The molecule has 10 heteroatoms. The van der Waals surface area contributed by atoms with E-state index in [4.69, 9.17) is 0 Å². The van der Waals surface area contributed by atoms with Crippen LogP contribution in [0.4, 0.5) is 22.0 Å². The van der Waals surface area contributed by atoms with E-state index in [1.54, 1.807) is 0 Å². The van der Waals surface area contributed by atoms with Crippen molar-refractivity contribution in [2.75, 3.05) is 0 Å². The van der Waals surface area contributed by atoms with Gasteiger partial charge in [-0.2, -0.15) is 30.4 Å². The number of aromatic nitrogens is 1. The third-order valence-electron chi connectivity index (χ3n) is 1.76. The quantitative estimate of drug-likeness (QED) is 0.618. The average molecular weight is 291 g/mol. The average Bonchev–Trinajstić information content (AvgIpc) is 2.67. The molecule has 0 aliphatic heterocycles. The zero-order valence-corrected chi connectivity index (χ0v) is 9.30. The minimum atomic E-state index is -5.80. The second-order valence-electron chi connectivity index (χ2n) is 3.01. The zero-order chi connectivity index (χ0) is 14.2. The molecule has 102 valence electrons. The van der Waals surface area contributed by atoms with Crippen LogP contribution in [0.15, 0.2) is 37.1 Å². The highest BCUT2D eigenvalue weighted by Crippen LogP contribution is 2.41. The number of ether oxygens (including phenoxy) is 1. The summed E-state index contributed by atoms with van der Waals surface area (Å²) in [5.41, 5.74) is 0. The Balaban J connectivity index is 3.25. The summed E-state index contributed by atoms with van der Waals surface area (Å²) < 4.78 is 89.4. The third-order valence-corrected chi connectivity index (χ3v) is 3.44. The molecule has 0 radical (unpaired) electrons. The van der Waals surface area contributed by atoms with E-state index in [-0.39, 0.29) is 3.97 Å². The Morgan fingerprint density at radius 2 is 1.61 bits per heavy atom. The standard InChI is InChI=1S/C8H6F5NO3S/c1-6(9)17-7(10,11)8(12,13)18(15,16)14-4-2-3-5-14/h2-5H,1H2. The lowest BCUT2D eigenvalue weighted by Crippen LogP contribution is -2.50. The predicted octanol–water partition coefficient (Wildman–Crippen LogP) is 2.31. The van der Waals surface area contributed by atoms with Gasteiger partial charge in [0, 0.05) is 12.4 Å². The van der Waals surface area contributed by atoms with Crippen LogP contribution in [0, 0.1) is 0 Å². The summed E-state index contributed by atoms with van der Waals surface area (Å²) in [5, 5.41) is -5.67. The van der Waals surface area contributed by atoms with E-state index in [2.05, 4.69) is 11.3 Å². The summed E-state index contributed by atoms with van der Waals surface area (Å²) in [6, 6.07) is -0.177. The van der Waals surface area contributed by atoms with Crippen LogP contribution < -0.4 is 0 Å². The van der Waals surface area contributed by atoms with Gasteiger partial charge in [-0.05, 0) is 18.7 Å². The molecule has 0 amide bonds. The van der Waals surface area contributed by atoms with Crippen molar-refractivity contribution >= 4 is 10.0 Å². The van der Waals surface area contributed by atoms with Gasteiger partial charge in [0.2, 0.25) is 0 Å². The molecule has 0 unspecified atom stereocenters. The molecule has 0 bridgehead atoms. The number of alkyl halides is 4. The van der Waals surface area contributed by atoms with Gasteiger partial charge in [-0.3, -0.25) is 0 Å². The van der Waals surface area contributed by atoms with Crippen LogP contribution in [0.1, 0.15) is 0 Å². The molecule has 0 N–H and O–H groups in total. The second-order valence-corrected chi connectivity index (χ2v) is 4.89. The summed E-state index contributed by atoms with van der Waals surface area (Å²) in [4.78, 5) is 0. The molecule has 4 nitrogen and oxygen atoms in total. The Morgan fingerprint density at radius 1 is 1.17 bits per heavy atom. The normalized spacial score (nSPS) is 13.4. The molecule has 18 heavy (non-hydrogen) atoms. The van der Waals surface area contributed by atoms with Gasteiger partial charge in [0.05, 0.1) is 0 Å². The molecule has 1 heterocycles. The minimum Gasteiger partial charge on any atom is -0.401 e. The number of hydrogen-bond donors (Lipinski definition) is 0. The summed E-state index contributed by atoms with van der Waals surface area (Å²) in [5.74, 6) is 0. The van der Waals surface area contributed by atoms with E-state index < -0.39 is 27.4 Å². The molecular weight excluding hydrogens is 285 g/mol. The first-order chi connectivity index (χ1) is 8.02. The first-order valence-electron chi connectivity index (χ1n) is 4.19. The summed E-state index contributed by atoms with van der Waals surface area (Å²) >= 11 is 0. The second kappa shape index (κ2) is 4.26. The number of hydrogen-bond acceptors (Lipinski definition) is 3. The van der Waals surface area contributed by atoms with Crippen LogP contribution in [-0.2, 0) is 14.8 Å². The van der Waals surface area contributed by atoms with Crippen molar-refractivity contribution in [2.45, 2.75) is 11.4 Å². The molecule has 0 fully saturated rings. The molecular formula is C8H6F5NO3S. The zero-order valence-electron chi connectivity index (χ0n) is 8.49. The maximum Gasteiger partial charge on any atom is 0.484 e. The number of halogens is 5. The molecule has 0 aromatic carbocycles. The van der Waals surface area contributed by atoms with E-state index in [1.807, 2.05) is 0 Å². The molecule has 0 saturated heterocycles. The molecule has 1 rings (SSSR count). The van der Waals surface area contributed by atoms with E-state index in [1.165, 1.54) is 0 Å². The van der Waals surface area contributed by atoms with Gasteiger partial charge in [-0.1, -0.05) is 0 Å². The SMILES string of the molecule is C=C(F)OC(F)(F)C(F)(F)S(=O)(=O)n1cccc1. The maximum absolute atomic E-state index is 13.2. The molecule has 0 saturated carbocycles. The highest BCUT2D eigenvalue weighted by molar-refractivity contribution is 7.91. The van der Waals surface area contributed by atoms with Crippen molar-refractivity contribution in [3.8, 4) is 0 Å². The predicted molar refractivity (Wildman–Crippen MR) is 50.0 cm³/mol. The molecule has 0 aliphatic rings. The van der Waals surface area contributed by atoms with Crippen molar-refractivity contribution in [1.82, 2.24) is 3.97 Å². The van der Waals surface area contributed by atoms with Gasteiger partial charge in [-0.15, -0.1) is 0 Å². The van der Waals surface area contributed by atoms with Gasteiger partial charge in [0.1, 0.15) is 0 Å². The van der Waals surface area contributed by atoms with Gasteiger partial charge in [0.15, 0.2) is 0 Å². The van der Waals surface area contributed by atoms with Crippen molar-refractivity contribution in [2.24, 2.45) is 0 Å².